The highest BCUT2D eigenvalue weighted by Crippen LogP contribution is 2.31. The number of carbonyl (C=O) groups is 1. The van der Waals surface area contributed by atoms with Crippen LogP contribution in [0.5, 0.6) is 11.5 Å². The largest absolute Gasteiger partial charge is 0.490 e. The van der Waals surface area contributed by atoms with Crippen LogP contribution in [0, 0.1) is 0 Å². The molecule has 2 aromatic rings. The lowest BCUT2D eigenvalue weighted by Crippen LogP contribution is -2.22. The molecule has 1 saturated heterocycles. The van der Waals surface area contributed by atoms with Gasteiger partial charge in [-0.3, -0.25) is 9.69 Å². The van der Waals surface area contributed by atoms with Gasteiger partial charge in [0, 0.05) is 7.05 Å². The van der Waals surface area contributed by atoms with Gasteiger partial charge in [0.05, 0.1) is 4.91 Å². The number of ether oxygens (including phenoxy) is 2. The van der Waals surface area contributed by atoms with Gasteiger partial charge >= 0.3 is 0 Å². The Morgan fingerprint density at radius 2 is 1.48 bits per heavy atom. The first-order chi connectivity index (χ1) is 13.7. The average molecular weight is 428 g/mol. The number of carbonyl (C=O) groups excluding carboxylic acids is 1. The third-order valence-corrected chi connectivity index (χ3v) is 5.99. The van der Waals surface area contributed by atoms with Crippen molar-refractivity contribution in [2.75, 3.05) is 20.3 Å². The Morgan fingerprint density at radius 1 is 0.966 bits per heavy atom. The third-order valence-electron chi connectivity index (χ3n) is 4.51. The Hall–Kier alpha value is -2.31. The molecule has 3 rings (SSSR count). The van der Waals surface area contributed by atoms with E-state index in [4.69, 9.17) is 21.7 Å². The molecule has 0 atom stereocenters. The van der Waals surface area contributed by atoms with Gasteiger partial charge < -0.3 is 9.47 Å². The Morgan fingerprint density at radius 3 is 1.93 bits per heavy atom. The molecule has 1 fully saturated rings. The second-order valence-electron chi connectivity index (χ2n) is 7.78. The summed E-state index contributed by atoms with van der Waals surface area (Å²) in [6.07, 6.45) is 1.84. The van der Waals surface area contributed by atoms with Crippen LogP contribution in [0.15, 0.2) is 53.4 Å². The normalized spacial score (nSPS) is 15.9. The molecule has 1 aliphatic rings. The molecule has 6 heteroatoms. The fourth-order valence-electron chi connectivity index (χ4n) is 2.73. The number of amides is 1. The number of thioether (sulfide) groups is 1. The molecule has 0 saturated carbocycles. The van der Waals surface area contributed by atoms with Crippen molar-refractivity contribution in [3.8, 4) is 11.5 Å². The number of benzene rings is 2. The van der Waals surface area contributed by atoms with Crippen molar-refractivity contribution in [2.24, 2.45) is 0 Å². The van der Waals surface area contributed by atoms with E-state index < -0.39 is 0 Å². The fraction of sp³-hybridized carbons (Fsp3) is 0.304. The van der Waals surface area contributed by atoms with E-state index in [2.05, 4.69) is 32.9 Å². The van der Waals surface area contributed by atoms with Crippen molar-refractivity contribution in [2.45, 2.75) is 26.2 Å². The second kappa shape index (κ2) is 9.01. The zero-order valence-electron chi connectivity index (χ0n) is 17.1. The summed E-state index contributed by atoms with van der Waals surface area (Å²) in [5, 5.41) is 0. The van der Waals surface area contributed by atoms with E-state index >= 15 is 0 Å². The molecule has 0 unspecified atom stereocenters. The molecule has 29 heavy (non-hydrogen) atoms. The van der Waals surface area contributed by atoms with E-state index in [0.717, 1.165) is 17.1 Å². The molecule has 0 N–H and O–H groups in total. The molecule has 2 aromatic carbocycles. The Balaban J connectivity index is 1.47. The Kier molecular flexibility index (Phi) is 6.65. The summed E-state index contributed by atoms with van der Waals surface area (Å²) >= 11 is 6.46. The summed E-state index contributed by atoms with van der Waals surface area (Å²) < 4.78 is 12.1. The topological polar surface area (TPSA) is 38.8 Å². The van der Waals surface area contributed by atoms with Crippen molar-refractivity contribution < 1.29 is 14.3 Å². The monoisotopic (exact) mass is 427 g/mol. The first-order valence-corrected chi connectivity index (χ1v) is 10.6. The van der Waals surface area contributed by atoms with Gasteiger partial charge in [0.2, 0.25) is 0 Å². The molecule has 1 heterocycles. The van der Waals surface area contributed by atoms with E-state index in [-0.39, 0.29) is 11.3 Å². The molecule has 0 spiro atoms. The lowest BCUT2D eigenvalue weighted by Gasteiger charge is -2.19. The smallest absolute Gasteiger partial charge is 0.265 e. The van der Waals surface area contributed by atoms with Crippen molar-refractivity contribution >= 4 is 40.3 Å². The standard InChI is InChI=1S/C23H25NO3S2/c1-23(2,3)17-7-11-19(12-8-17)27-14-13-26-18-9-5-16(6-10-18)15-20-21(25)24(4)22(28)29-20/h5-12,15H,13-14H2,1-4H3/b20-15-. The summed E-state index contributed by atoms with van der Waals surface area (Å²) in [7, 11) is 1.69. The van der Waals surface area contributed by atoms with Gasteiger partial charge in [-0.25, -0.2) is 0 Å². The highest BCUT2D eigenvalue weighted by Gasteiger charge is 2.28. The number of hydrogen-bond donors (Lipinski definition) is 0. The van der Waals surface area contributed by atoms with Gasteiger partial charge in [-0.2, -0.15) is 0 Å². The molecule has 152 valence electrons. The summed E-state index contributed by atoms with van der Waals surface area (Å²) in [6.45, 7) is 7.49. The molecule has 1 aliphatic heterocycles. The summed E-state index contributed by atoms with van der Waals surface area (Å²) in [4.78, 5) is 14.2. The first-order valence-electron chi connectivity index (χ1n) is 9.42. The van der Waals surface area contributed by atoms with Crippen molar-refractivity contribution in [3.05, 3.63) is 64.6 Å². The number of rotatable bonds is 6. The SMILES string of the molecule is CN1C(=O)/C(=C/c2ccc(OCCOc3ccc(C(C)(C)C)cc3)cc2)SC1=S. The molecule has 1 amide bonds. The molecular formula is C23H25NO3S2. The molecule has 0 radical (unpaired) electrons. The maximum Gasteiger partial charge on any atom is 0.265 e. The van der Waals surface area contributed by atoms with Crippen LogP contribution < -0.4 is 9.47 Å². The summed E-state index contributed by atoms with van der Waals surface area (Å²) in [5.74, 6) is 1.54. The maximum atomic E-state index is 12.1. The minimum absolute atomic E-state index is 0.0620. The van der Waals surface area contributed by atoms with Gasteiger partial charge in [0.25, 0.3) is 5.91 Å². The number of hydrogen-bond acceptors (Lipinski definition) is 5. The highest BCUT2D eigenvalue weighted by atomic mass is 32.2. The minimum Gasteiger partial charge on any atom is -0.490 e. The van der Waals surface area contributed by atoms with E-state index in [1.165, 1.54) is 22.2 Å². The zero-order chi connectivity index (χ0) is 21.0. The van der Waals surface area contributed by atoms with Gasteiger partial charge in [-0.1, -0.05) is 69.0 Å². The van der Waals surface area contributed by atoms with Crippen molar-refractivity contribution in [1.29, 1.82) is 0 Å². The van der Waals surface area contributed by atoms with Crippen LogP contribution in [0.1, 0.15) is 31.9 Å². The number of nitrogens with zero attached hydrogens (tertiary/aromatic N) is 1. The summed E-state index contributed by atoms with van der Waals surface area (Å²) in [5.41, 5.74) is 2.35. The third kappa shape index (κ3) is 5.61. The predicted molar refractivity (Wildman–Crippen MR) is 124 cm³/mol. The molecule has 0 aliphatic carbocycles. The molecular weight excluding hydrogens is 402 g/mol. The maximum absolute atomic E-state index is 12.1. The van der Waals surface area contributed by atoms with E-state index in [9.17, 15) is 4.79 Å². The van der Waals surface area contributed by atoms with E-state index in [1.807, 2.05) is 42.5 Å². The van der Waals surface area contributed by atoms with Crippen LogP contribution in [-0.4, -0.2) is 35.4 Å². The Bertz CT molecular complexity index is 913. The lowest BCUT2D eigenvalue weighted by molar-refractivity contribution is -0.121. The highest BCUT2D eigenvalue weighted by molar-refractivity contribution is 8.26. The van der Waals surface area contributed by atoms with Crippen LogP contribution in [-0.2, 0) is 10.2 Å². The number of thiocarbonyl (C=S) groups is 1. The molecule has 0 bridgehead atoms. The van der Waals surface area contributed by atoms with Gasteiger partial charge in [0.15, 0.2) is 0 Å². The van der Waals surface area contributed by atoms with Crippen LogP contribution in [0.2, 0.25) is 0 Å². The number of likely N-dealkylation sites (N-methyl/N-ethyl adjacent to an activating group) is 1. The quantitative estimate of drug-likeness (QED) is 0.357. The van der Waals surface area contributed by atoms with Crippen LogP contribution in [0.3, 0.4) is 0 Å². The fourth-order valence-corrected chi connectivity index (χ4v) is 3.91. The van der Waals surface area contributed by atoms with Crippen LogP contribution >= 0.6 is 24.0 Å². The zero-order valence-corrected chi connectivity index (χ0v) is 18.7. The van der Waals surface area contributed by atoms with Gasteiger partial charge in [-0.15, -0.1) is 0 Å². The first kappa shape index (κ1) is 21.4. The molecule has 0 aromatic heterocycles. The average Bonchev–Trinajstić information content (AvgIpc) is 2.93. The Labute approximate surface area is 181 Å². The lowest BCUT2D eigenvalue weighted by atomic mass is 9.87. The predicted octanol–water partition coefficient (Wildman–Crippen LogP) is 5.27. The van der Waals surface area contributed by atoms with Gasteiger partial charge in [0.1, 0.15) is 29.0 Å². The van der Waals surface area contributed by atoms with Crippen molar-refractivity contribution in [3.63, 3.8) is 0 Å². The summed E-state index contributed by atoms with van der Waals surface area (Å²) in [6, 6.07) is 15.8. The van der Waals surface area contributed by atoms with E-state index in [1.54, 1.807) is 7.05 Å². The van der Waals surface area contributed by atoms with Crippen LogP contribution in [0.25, 0.3) is 6.08 Å². The minimum atomic E-state index is -0.0620. The second-order valence-corrected chi connectivity index (χ2v) is 9.46. The van der Waals surface area contributed by atoms with Crippen LogP contribution in [0.4, 0.5) is 0 Å². The van der Waals surface area contributed by atoms with Crippen molar-refractivity contribution in [1.82, 2.24) is 4.90 Å². The van der Waals surface area contributed by atoms with Gasteiger partial charge in [-0.05, 0) is 46.9 Å². The van der Waals surface area contributed by atoms with E-state index in [0.29, 0.717) is 22.4 Å². The molecule has 4 nitrogen and oxygen atoms in total.